The highest BCUT2D eigenvalue weighted by Gasteiger charge is 2.28. The molecule has 0 spiro atoms. The molecular formula is C19H25FN4O2. The van der Waals surface area contributed by atoms with Crippen molar-refractivity contribution in [3.63, 3.8) is 0 Å². The third-order valence-electron chi connectivity index (χ3n) is 4.01. The van der Waals surface area contributed by atoms with E-state index in [1.54, 1.807) is 63.8 Å². The molecule has 2 amide bonds. The Balaban J connectivity index is 2.23. The van der Waals surface area contributed by atoms with Crippen LogP contribution in [0.3, 0.4) is 0 Å². The minimum absolute atomic E-state index is 0.223. The fraction of sp³-hybridized carbons (Fsp3) is 0.421. The van der Waals surface area contributed by atoms with Crippen LogP contribution in [0.1, 0.15) is 45.1 Å². The first kappa shape index (κ1) is 19.6. The smallest absolute Gasteiger partial charge is 0.243 e. The molecule has 0 fully saturated rings. The van der Waals surface area contributed by atoms with Crippen LogP contribution in [0.25, 0.3) is 0 Å². The van der Waals surface area contributed by atoms with Crippen LogP contribution in [0.4, 0.5) is 4.39 Å². The molecular weight excluding hydrogens is 335 g/mol. The van der Waals surface area contributed by atoms with Crippen molar-refractivity contribution in [2.75, 3.05) is 0 Å². The van der Waals surface area contributed by atoms with Gasteiger partial charge in [-0.1, -0.05) is 32.9 Å². The fourth-order valence-corrected chi connectivity index (χ4v) is 2.38. The summed E-state index contributed by atoms with van der Waals surface area (Å²) >= 11 is 0. The molecule has 0 bridgehead atoms. The Morgan fingerprint density at radius 1 is 1.23 bits per heavy atom. The molecule has 1 aromatic heterocycles. The summed E-state index contributed by atoms with van der Waals surface area (Å²) in [6, 6.07) is 4.63. The molecule has 0 aliphatic heterocycles. The van der Waals surface area contributed by atoms with Gasteiger partial charge in [0.2, 0.25) is 11.8 Å². The SMILES string of the molecule is C[C@@H](NC(=O)C(C)(C)C)C(=O)N[C@H](c1cccc(F)c1)c1nccn1C. The molecule has 6 nitrogen and oxygen atoms in total. The lowest BCUT2D eigenvalue weighted by atomic mass is 9.95. The Morgan fingerprint density at radius 3 is 2.46 bits per heavy atom. The number of nitrogens with zero attached hydrogens (tertiary/aromatic N) is 2. The number of carbonyl (C=O) groups excluding carboxylic acids is 2. The predicted octanol–water partition coefficient (Wildman–Crippen LogP) is 2.32. The van der Waals surface area contributed by atoms with E-state index in [0.717, 1.165) is 0 Å². The molecule has 140 valence electrons. The summed E-state index contributed by atoms with van der Waals surface area (Å²) in [5, 5.41) is 5.55. The van der Waals surface area contributed by atoms with E-state index in [4.69, 9.17) is 0 Å². The van der Waals surface area contributed by atoms with Crippen molar-refractivity contribution in [1.29, 1.82) is 0 Å². The van der Waals surface area contributed by atoms with Crippen LogP contribution < -0.4 is 10.6 Å². The van der Waals surface area contributed by atoms with Crippen molar-refractivity contribution in [3.05, 3.63) is 53.9 Å². The van der Waals surface area contributed by atoms with Crippen LogP contribution in [0.15, 0.2) is 36.7 Å². The number of aromatic nitrogens is 2. The van der Waals surface area contributed by atoms with Gasteiger partial charge in [0.15, 0.2) is 0 Å². The number of hydrogen-bond donors (Lipinski definition) is 2. The highest BCUT2D eigenvalue weighted by atomic mass is 19.1. The minimum Gasteiger partial charge on any atom is -0.344 e. The van der Waals surface area contributed by atoms with E-state index < -0.39 is 23.3 Å². The number of hydrogen-bond acceptors (Lipinski definition) is 3. The van der Waals surface area contributed by atoms with Gasteiger partial charge < -0.3 is 15.2 Å². The number of carbonyl (C=O) groups is 2. The summed E-state index contributed by atoms with van der Waals surface area (Å²) in [6.07, 6.45) is 3.36. The van der Waals surface area contributed by atoms with Crippen LogP contribution in [0, 0.1) is 11.2 Å². The van der Waals surface area contributed by atoms with Gasteiger partial charge in [0.05, 0.1) is 0 Å². The number of benzene rings is 1. The molecule has 1 heterocycles. The van der Waals surface area contributed by atoms with Gasteiger partial charge in [-0.2, -0.15) is 0 Å². The molecule has 2 atom stereocenters. The van der Waals surface area contributed by atoms with Crippen LogP contribution in [0.5, 0.6) is 0 Å². The Kier molecular flexibility index (Phi) is 5.79. The topological polar surface area (TPSA) is 76.0 Å². The van der Waals surface area contributed by atoms with Crippen molar-refractivity contribution < 1.29 is 14.0 Å². The van der Waals surface area contributed by atoms with Crippen LogP contribution in [-0.2, 0) is 16.6 Å². The average molecular weight is 360 g/mol. The summed E-state index contributed by atoms with van der Waals surface area (Å²) in [5.41, 5.74) is -0.0297. The zero-order valence-corrected chi connectivity index (χ0v) is 15.7. The first-order chi connectivity index (χ1) is 12.1. The zero-order chi connectivity index (χ0) is 19.5. The standard InChI is InChI=1S/C19H25FN4O2/c1-12(22-18(26)19(2,3)4)17(25)23-15(16-21-9-10-24(16)5)13-7-6-8-14(20)11-13/h6-12,15H,1-5H3,(H,22,26)(H,23,25)/t12-,15-/m1/s1. The van der Waals surface area contributed by atoms with E-state index in [-0.39, 0.29) is 11.8 Å². The van der Waals surface area contributed by atoms with E-state index in [2.05, 4.69) is 15.6 Å². The van der Waals surface area contributed by atoms with Crippen molar-refractivity contribution >= 4 is 11.8 Å². The largest absolute Gasteiger partial charge is 0.344 e. The maximum atomic E-state index is 13.7. The van der Waals surface area contributed by atoms with Gasteiger partial charge >= 0.3 is 0 Å². The predicted molar refractivity (Wildman–Crippen MR) is 96.7 cm³/mol. The Morgan fingerprint density at radius 2 is 1.92 bits per heavy atom. The zero-order valence-electron chi connectivity index (χ0n) is 15.7. The Labute approximate surface area is 152 Å². The summed E-state index contributed by atoms with van der Waals surface area (Å²) in [4.78, 5) is 29.0. The van der Waals surface area contributed by atoms with Crippen molar-refractivity contribution in [2.24, 2.45) is 12.5 Å². The molecule has 0 unspecified atom stereocenters. The number of imidazole rings is 1. The lowest BCUT2D eigenvalue weighted by Crippen LogP contribution is -2.49. The van der Waals surface area contributed by atoms with Gasteiger partial charge in [-0.15, -0.1) is 0 Å². The Hall–Kier alpha value is -2.70. The lowest BCUT2D eigenvalue weighted by Gasteiger charge is -2.24. The Bertz CT molecular complexity index is 795. The van der Waals surface area contributed by atoms with E-state index in [0.29, 0.717) is 11.4 Å². The van der Waals surface area contributed by atoms with Crippen LogP contribution in [0.2, 0.25) is 0 Å². The van der Waals surface area contributed by atoms with E-state index in [1.165, 1.54) is 12.1 Å². The van der Waals surface area contributed by atoms with E-state index in [1.807, 2.05) is 0 Å². The number of aryl methyl sites for hydroxylation is 1. The van der Waals surface area contributed by atoms with Gasteiger partial charge in [-0.25, -0.2) is 9.37 Å². The highest BCUT2D eigenvalue weighted by Crippen LogP contribution is 2.21. The number of nitrogens with one attached hydrogen (secondary N) is 2. The second kappa shape index (κ2) is 7.68. The van der Waals surface area contributed by atoms with Gasteiger partial charge in [0.25, 0.3) is 0 Å². The van der Waals surface area contributed by atoms with Crippen molar-refractivity contribution in [2.45, 2.75) is 39.8 Å². The molecule has 0 aliphatic carbocycles. The number of halogens is 1. The van der Waals surface area contributed by atoms with Gasteiger partial charge in [0, 0.05) is 24.9 Å². The summed E-state index contributed by atoms with van der Waals surface area (Å²) in [6.45, 7) is 6.93. The maximum Gasteiger partial charge on any atom is 0.243 e. The van der Waals surface area contributed by atoms with E-state index in [9.17, 15) is 14.0 Å². The van der Waals surface area contributed by atoms with Gasteiger partial charge in [-0.3, -0.25) is 9.59 Å². The molecule has 0 radical (unpaired) electrons. The van der Waals surface area contributed by atoms with Crippen LogP contribution >= 0.6 is 0 Å². The fourth-order valence-electron chi connectivity index (χ4n) is 2.38. The third kappa shape index (κ3) is 4.68. The molecule has 0 saturated heterocycles. The molecule has 0 aliphatic rings. The van der Waals surface area contributed by atoms with Crippen molar-refractivity contribution in [3.8, 4) is 0 Å². The molecule has 0 saturated carbocycles. The number of amides is 2. The second-order valence-electron chi connectivity index (χ2n) is 7.34. The normalized spacial score (nSPS) is 13.8. The molecule has 2 aromatic rings. The quantitative estimate of drug-likeness (QED) is 0.859. The third-order valence-corrected chi connectivity index (χ3v) is 4.01. The molecule has 2 rings (SSSR count). The highest BCUT2D eigenvalue weighted by molar-refractivity contribution is 5.89. The lowest BCUT2D eigenvalue weighted by molar-refractivity contribution is -0.133. The first-order valence-electron chi connectivity index (χ1n) is 8.43. The van der Waals surface area contributed by atoms with Crippen molar-refractivity contribution in [1.82, 2.24) is 20.2 Å². The number of rotatable bonds is 5. The van der Waals surface area contributed by atoms with E-state index >= 15 is 0 Å². The van der Waals surface area contributed by atoms with Gasteiger partial charge in [-0.05, 0) is 24.6 Å². The van der Waals surface area contributed by atoms with Crippen LogP contribution in [-0.4, -0.2) is 27.4 Å². The summed E-state index contributed by atoms with van der Waals surface area (Å²) in [5.74, 6) is -0.428. The maximum absolute atomic E-state index is 13.7. The minimum atomic E-state index is -0.738. The molecule has 1 aromatic carbocycles. The average Bonchev–Trinajstić information content (AvgIpc) is 2.97. The first-order valence-corrected chi connectivity index (χ1v) is 8.43. The molecule has 26 heavy (non-hydrogen) atoms. The molecule has 7 heteroatoms. The monoisotopic (exact) mass is 360 g/mol. The second-order valence-corrected chi connectivity index (χ2v) is 7.34. The molecule has 2 N–H and O–H groups in total. The van der Waals surface area contributed by atoms with Gasteiger partial charge in [0.1, 0.15) is 23.7 Å². The summed E-state index contributed by atoms with van der Waals surface area (Å²) in [7, 11) is 1.80. The summed E-state index contributed by atoms with van der Waals surface area (Å²) < 4.78 is 15.4.